The van der Waals surface area contributed by atoms with Crippen LogP contribution in [0.3, 0.4) is 0 Å². The zero-order valence-electron chi connectivity index (χ0n) is 10.8. The summed E-state index contributed by atoms with van der Waals surface area (Å²) in [5.41, 5.74) is 0. The number of aliphatic hydroxyl groups is 1. The molecule has 5 heteroatoms. The van der Waals surface area contributed by atoms with Crippen molar-refractivity contribution in [2.45, 2.75) is 19.3 Å². The van der Waals surface area contributed by atoms with Gasteiger partial charge in [0, 0.05) is 33.1 Å². The van der Waals surface area contributed by atoms with Gasteiger partial charge in [0.1, 0.15) is 0 Å². The molecule has 5 nitrogen and oxygen atoms in total. The van der Waals surface area contributed by atoms with Crippen LogP contribution >= 0.6 is 0 Å². The van der Waals surface area contributed by atoms with Crippen LogP contribution in [0.2, 0.25) is 0 Å². The average molecular weight is 243 g/mol. The molecule has 17 heavy (non-hydrogen) atoms. The second-order valence-corrected chi connectivity index (χ2v) is 4.54. The average Bonchev–Trinajstić information content (AvgIpc) is 2.55. The third-order valence-corrected chi connectivity index (χ3v) is 3.25. The highest BCUT2D eigenvalue weighted by Gasteiger charge is 2.13. The van der Waals surface area contributed by atoms with E-state index in [1.807, 2.05) is 0 Å². The highest BCUT2D eigenvalue weighted by molar-refractivity contribution is 5.75. The van der Waals surface area contributed by atoms with E-state index in [2.05, 4.69) is 15.1 Å². The van der Waals surface area contributed by atoms with Crippen molar-refractivity contribution in [2.24, 2.45) is 0 Å². The first-order valence-corrected chi connectivity index (χ1v) is 6.52. The lowest BCUT2D eigenvalue weighted by Gasteiger charge is -2.20. The molecule has 1 amide bonds. The van der Waals surface area contributed by atoms with E-state index in [0.717, 1.165) is 52.1 Å². The van der Waals surface area contributed by atoms with Crippen molar-refractivity contribution in [1.82, 2.24) is 15.1 Å². The van der Waals surface area contributed by atoms with Gasteiger partial charge in [-0.3, -0.25) is 9.69 Å². The van der Waals surface area contributed by atoms with Crippen LogP contribution in [0.5, 0.6) is 0 Å². The number of hydrogen-bond acceptors (Lipinski definition) is 4. The minimum absolute atomic E-state index is 0.127. The lowest BCUT2D eigenvalue weighted by molar-refractivity contribution is -0.120. The minimum Gasteiger partial charge on any atom is -0.395 e. The summed E-state index contributed by atoms with van der Waals surface area (Å²) in [5, 5.41) is 11.6. The topological polar surface area (TPSA) is 55.8 Å². The van der Waals surface area contributed by atoms with Gasteiger partial charge in [0.25, 0.3) is 0 Å². The summed E-state index contributed by atoms with van der Waals surface area (Å²) in [6.07, 6.45) is 2.70. The fourth-order valence-corrected chi connectivity index (χ4v) is 2.20. The third kappa shape index (κ3) is 6.00. The highest BCUT2D eigenvalue weighted by Crippen LogP contribution is 2.04. The van der Waals surface area contributed by atoms with Gasteiger partial charge in [-0.25, -0.2) is 0 Å². The molecular weight excluding hydrogens is 218 g/mol. The third-order valence-electron chi connectivity index (χ3n) is 3.25. The van der Waals surface area contributed by atoms with Crippen LogP contribution < -0.4 is 5.32 Å². The summed E-state index contributed by atoms with van der Waals surface area (Å²) in [7, 11) is 1.68. The second-order valence-electron chi connectivity index (χ2n) is 4.54. The summed E-state index contributed by atoms with van der Waals surface area (Å²) in [5.74, 6) is 0.127. The van der Waals surface area contributed by atoms with Crippen LogP contribution in [0.1, 0.15) is 19.3 Å². The summed E-state index contributed by atoms with van der Waals surface area (Å²) in [6.45, 7) is 6.29. The molecule has 0 radical (unpaired) electrons. The second kappa shape index (κ2) is 8.44. The van der Waals surface area contributed by atoms with Gasteiger partial charge in [0.05, 0.1) is 6.61 Å². The molecular formula is C12H25N3O2. The molecule has 0 aromatic carbocycles. The Hall–Kier alpha value is -0.650. The Morgan fingerprint density at radius 1 is 1.18 bits per heavy atom. The Bertz CT molecular complexity index is 224. The number of nitrogens with zero attached hydrogens (tertiary/aromatic N) is 2. The maximum Gasteiger partial charge on any atom is 0.219 e. The lowest BCUT2D eigenvalue weighted by Crippen LogP contribution is -2.33. The molecule has 0 saturated carbocycles. The maximum absolute atomic E-state index is 11.1. The van der Waals surface area contributed by atoms with E-state index in [1.54, 1.807) is 7.05 Å². The standard InChI is InChI=1S/C12H25N3O2/c1-13-12(17)4-2-5-14-6-3-7-15(9-8-14)10-11-16/h16H,2-11H2,1H3,(H,13,17). The Labute approximate surface area is 104 Å². The van der Waals surface area contributed by atoms with E-state index in [4.69, 9.17) is 5.11 Å². The highest BCUT2D eigenvalue weighted by atomic mass is 16.3. The molecule has 0 aliphatic carbocycles. The van der Waals surface area contributed by atoms with E-state index in [-0.39, 0.29) is 12.5 Å². The number of hydrogen-bond donors (Lipinski definition) is 2. The zero-order valence-corrected chi connectivity index (χ0v) is 10.8. The van der Waals surface area contributed by atoms with Crippen molar-refractivity contribution in [1.29, 1.82) is 0 Å². The molecule has 0 unspecified atom stereocenters. The summed E-state index contributed by atoms with van der Waals surface area (Å²) < 4.78 is 0. The molecule has 1 aliphatic heterocycles. The molecule has 1 rings (SSSR count). The number of rotatable bonds is 6. The van der Waals surface area contributed by atoms with E-state index < -0.39 is 0 Å². The minimum atomic E-state index is 0.127. The molecule has 100 valence electrons. The van der Waals surface area contributed by atoms with Crippen molar-refractivity contribution in [2.75, 3.05) is 52.9 Å². The van der Waals surface area contributed by atoms with Gasteiger partial charge in [-0.05, 0) is 32.5 Å². The number of aliphatic hydroxyl groups excluding tert-OH is 1. The van der Waals surface area contributed by atoms with Crippen molar-refractivity contribution >= 4 is 5.91 Å². The van der Waals surface area contributed by atoms with E-state index in [1.165, 1.54) is 0 Å². The van der Waals surface area contributed by atoms with Gasteiger partial charge < -0.3 is 15.3 Å². The molecule has 0 atom stereocenters. The largest absolute Gasteiger partial charge is 0.395 e. The monoisotopic (exact) mass is 243 g/mol. The number of amides is 1. The van der Waals surface area contributed by atoms with Crippen molar-refractivity contribution in [3.63, 3.8) is 0 Å². The molecule has 1 heterocycles. The molecule has 1 saturated heterocycles. The van der Waals surface area contributed by atoms with Crippen LogP contribution in [0, 0.1) is 0 Å². The van der Waals surface area contributed by atoms with Crippen LogP contribution in [0.4, 0.5) is 0 Å². The Balaban J connectivity index is 2.15. The van der Waals surface area contributed by atoms with Crippen LogP contribution in [0.15, 0.2) is 0 Å². The van der Waals surface area contributed by atoms with E-state index >= 15 is 0 Å². The first-order chi connectivity index (χ1) is 8.26. The number of carbonyl (C=O) groups is 1. The van der Waals surface area contributed by atoms with Gasteiger partial charge in [-0.15, -0.1) is 0 Å². The first-order valence-electron chi connectivity index (χ1n) is 6.52. The van der Waals surface area contributed by atoms with Crippen LogP contribution in [-0.4, -0.2) is 73.7 Å². The SMILES string of the molecule is CNC(=O)CCCN1CCCN(CCO)CC1. The quantitative estimate of drug-likeness (QED) is 0.661. The number of β-amino-alcohol motifs (C(OH)–C–C–N with tert-alkyl or cyclic N) is 1. The van der Waals surface area contributed by atoms with Gasteiger partial charge in [0.2, 0.25) is 5.91 Å². The zero-order chi connectivity index (χ0) is 12.5. The van der Waals surface area contributed by atoms with E-state index in [0.29, 0.717) is 6.42 Å². The fraction of sp³-hybridized carbons (Fsp3) is 0.917. The van der Waals surface area contributed by atoms with Gasteiger partial charge in [-0.2, -0.15) is 0 Å². The Kier molecular flexibility index (Phi) is 7.16. The molecule has 0 aromatic rings. The molecule has 0 spiro atoms. The van der Waals surface area contributed by atoms with Crippen molar-refractivity contribution in [3.8, 4) is 0 Å². The normalized spacial score (nSPS) is 18.9. The predicted molar refractivity (Wildman–Crippen MR) is 67.9 cm³/mol. The summed E-state index contributed by atoms with van der Waals surface area (Å²) in [6, 6.07) is 0. The first kappa shape index (κ1) is 14.4. The van der Waals surface area contributed by atoms with Crippen LogP contribution in [-0.2, 0) is 4.79 Å². The number of nitrogens with one attached hydrogen (secondary N) is 1. The van der Waals surface area contributed by atoms with Gasteiger partial charge in [-0.1, -0.05) is 0 Å². The molecule has 1 fully saturated rings. The molecule has 0 bridgehead atoms. The maximum atomic E-state index is 11.1. The Morgan fingerprint density at radius 3 is 2.41 bits per heavy atom. The van der Waals surface area contributed by atoms with Crippen LogP contribution in [0.25, 0.3) is 0 Å². The lowest BCUT2D eigenvalue weighted by atomic mass is 10.2. The van der Waals surface area contributed by atoms with E-state index in [9.17, 15) is 4.79 Å². The molecule has 2 N–H and O–H groups in total. The summed E-state index contributed by atoms with van der Waals surface area (Å²) in [4.78, 5) is 15.8. The number of carbonyl (C=O) groups excluding carboxylic acids is 1. The smallest absolute Gasteiger partial charge is 0.219 e. The summed E-state index contributed by atoms with van der Waals surface area (Å²) >= 11 is 0. The van der Waals surface area contributed by atoms with Crippen molar-refractivity contribution in [3.05, 3.63) is 0 Å². The van der Waals surface area contributed by atoms with Gasteiger partial charge >= 0.3 is 0 Å². The Morgan fingerprint density at radius 2 is 1.82 bits per heavy atom. The molecule has 1 aliphatic rings. The fourth-order valence-electron chi connectivity index (χ4n) is 2.20. The van der Waals surface area contributed by atoms with Crippen molar-refractivity contribution < 1.29 is 9.90 Å². The predicted octanol–water partition coefficient (Wildman–Crippen LogP) is -0.487. The molecule has 0 aromatic heterocycles. The van der Waals surface area contributed by atoms with Gasteiger partial charge in [0.15, 0.2) is 0 Å².